The molecule has 27 heavy (non-hydrogen) atoms. The summed E-state index contributed by atoms with van der Waals surface area (Å²) < 4.78 is 38.4. The highest BCUT2D eigenvalue weighted by Gasteiger charge is 2.22. The summed E-state index contributed by atoms with van der Waals surface area (Å²) in [4.78, 5) is 4.68. The van der Waals surface area contributed by atoms with Crippen molar-refractivity contribution in [3.63, 3.8) is 0 Å². The third kappa shape index (κ3) is 4.04. The molecule has 2 heterocycles. The monoisotopic (exact) mass is 390 g/mol. The van der Waals surface area contributed by atoms with Crippen LogP contribution in [0.5, 0.6) is 5.75 Å². The number of aromatic amines is 1. The van der Waals surface area contributed by atoms with Gasteiger partial charge in [0.05, 0.1) is 24.2 Å². The van der Waals surface area contributed by atoms with Gasteiger partial charge in [-0.3, -0.25) is 5.10 Å². The summed E-state index contributed by atoms with van der Waals surface area (Å²) in [5.41, 5.74) is 2.50. The molecule has 0 fully saturated rings. The lowest BCUT2D eigenvalue weighted by molar-refractivity contribution is 0.415. The molecule has 2 aromatic heterocycles. The summed E-state index contributed by atoms with van der Waals surface area (Å²) in [7, 11) is -2.02. The lowest BCUT2D eigenvalue weighted by Crippen LogP contribution is -2.27. The second kappa shape index (κ2) is 7.53. The lowest BCUT2D eigenvalue weighted by atomic mass is 10.2. The van der Waals surface area contributed by atoms with Gasteiger partial charge in [0.2, 0.25) is 15.9 Å². The van der Waals surface area contributed by atoms with Crippen LogP contribution < -0.4 is 9.46 Å². The number of methoxy groups -OCH3 is 1. The van der Waals surface area contributed by atoms with Crippen LogP contribution in [0.15, 0.2) is 33.6 Å². The molecule has 0 unspecified atom stereocenters. The number of H-pyrrole nitrogens is 1. The van der Waals surface area contributed by atoms with E-state index in [4.69, 9.17) is 9.15 Å². The smallest absolute Gasteiger partial charge is 0.244 e. The number of benzene rings is 1. The summed E-state index contributed by atoms with van der Waals surface area (Å²) in [6.07, 6.45) is 0.417. The number of oxazole rings is 1. The van der Waals surface area contributed by atoms with Crippen LogP contribution in [-0.4, -0.2) is 37.3 Å². The Balaban J connectivity index is 1.69. The molecule has 0 aliphatic rings. The van der Waals surface area contributed by atoms with E-state index in [-0.39, 0.29) is 11.4 Å². The fraction of sp³-hybridized carbons (Fsp3) is 0.333. The van der Waals surface area contributed by atoms with Gasteiger partial charge in [-0.05, 0) is 45.0 Å². The Bertz CT molecular complexity index is 1020. The minimum absolute atomic E-state index is 0.193. The summed E-state index contributed by atoms with van der Waals surface area (Å²) in [6.45, 7) is 5.36. The molecule has 0 aliphatic heterocycles. The number of aryl methyl sites for hydroxylation is 3. The van der Waals surface area contributed by atoms with Gasteiger partial charge in [0, 0.05) is 18.5 Å². The topological polar surface area (TPSA) is 110 Å². The highest BCUT2D eigenvalue weighted by atomic mass is 32.2. The van der Waals surface area contributed by atoms with E-state index in [1.54, 1.807) is 21.0 Å². The van der Waals surface area contributed by atoms with Crippen molar-refractivity contribution in [1.82, 2.24) is 19.9 Å². The van der Waals surface area contributed by atoms with E-state index < -0.39 is 10.0 Å². The molecule has 0 bridgehead atoms. The van der Waals surface area contributed by atoms with Crippen LogP contribution in [0.1, 0.15) is 22.8 Å². The van der Waals surface area contributed by atoms with Crippen LogP contribution >= 0.6 is 0 Å². The molecule has 0 aliphatic carbocycles. The van der Waals surface area contributed by atoms with E-state index in [1.807, 2.05) is 31.2 Å². The third-order valence-electron chi connectivity index (χ3n) is 4.21. The quantitative estimate of drug-likeness (QED) is 0.641. The molecule has 0 amide bonds. The lowest BCUT2D eigenvalue weighted by Gasteiger charge is -2.06. The molecule has 0 radical (unpaired) electrons. The SMILES string of the molecule is COc1ccc(-c2nc(CCNS(=O)(=O)c3c(C)n[nH]c3C)c(C)o2)cc1. The Morgan fingerprint density at radius 3 is 2.48 bits per heavy atom. The number of ether oxygens (including phenoxy) is 1. The predicted octanol–water partition coefficient (Wildman–Crippen LogP) is 2.52. The summed E-state index contributed by atoms with van der Waals surface area (Å²) >= 11 is 0. The van der Waals surface area contributed by atoms with Gasteiger partial charge in [-0.1, -0.05) is 0 Å². The maximum atomic E-state index is 12.5. The Kier molecular flexibility index (Phi) is 5.33. The minimum Gasteiger partial charge on any atom is -0.497 e. The van der Waals surface area contributed by atoms with Crippen LogP contribution in [0.3, 0.4) is 0 Å². The molecule has 1 aromatic carbocycles. The van der Waals surface area contributed by atoms with Gasteiger partial charge in [-0.25, -0.2) is 18.1 Å². The highest BCUT2D eigenvalue weighted by molar-refractivity contribution is 7.89. The largest absolute Gasteiger partial charge is 0.497 e. The number of rotatable bonds is 7. The van der Waals surface area contributed by atoms with E-state index in [0.29, 0.717) is 35.2 Å². The number of aromatic nitrogens is 3. The van der Waals surface area contributed by atoms with Gasteiger partial charge in [-0.15, -0.1) is 0 Å². The molecule has 8 nitrogen and oxygen atoms in total. The molecule has 2 N–H and O–H groups in total. The molecule has 9 heteroatoms. The van der Waals surface area contributed by atoms with Crippen molar-refractivity contribution in [3.8, 4) is 17.2 Å². The van der Waals surface area contributed by atoms with E-state index in [1.165, 1.54) is 0 Å². The second-order valence-corrected chi connectivity index (χ2v) is 7.87. The van der Waals surface area contributed by atoms with Crippen LogP contribution in [0.25, 0.3) is 11.5 Å². The van der Waals surface area contributed by atoms with Crippen LogP contribution in [0, 0.1) is 20.8 Å². The van der Waals surface area contributed by atoms with Crippen molar-refractivity contribution < 1.29 is 17.6 Å². The highest BCUT2D eigenvalue weighted by Crippen LogP contribution is 2.24. The molecule has 3 rings (SSSR count). The molecule has 0 saturated carbocycles. The zero-order chi connectivity index (χ0) is 19.6. The Morgan fingerprint density at radius 1 is 1.19 bits per heavy atom. The normalized spacial score (nSPS) is 11.7. The molecule has 0 spiro atoms. The zero-order valence-corrected chi connectivity index (χ0v) is 16.5. The number of nitrogens with zero attached hydrogens (tertiary/aromatic N) is 2. The van der Waals surface area contributed by atoms with Crippen molar-refractivity contribution in [1.29, 1.82) is 0 Å². The first-order chi connectivity index (χ1) is 12.8. The average molecular weight is 390 g/mol. The number of nitrogens with one attached hydrogen (secondary N) is 2. The Morgan fingerprint density at radius 2 is 1.89 bits per heavy atom. The maximum Gasteiger partial charge on any atom is 0.244 e. The predicted molar refractivity (Wildman–Crippen MR) is 100 cm³/mol. The van der Waals surface area contributed by atoms with E-state index in [2.05, 4.69) is 19.9 Å². The molecule has 0 saturated heterocycles. The summed E-state index contributed by atoms with van der Waals surface area (Å²) in [5.74, 6) is 1.91. The second-order valence-electron chi connectivity index (χ2n) is 6.16. The number of hydrogen-bond donors (Lipinski definition) is 2. The fourth-order valence-corrected chi connectivity index (χ4v) is 4.23. The fourth-order valence-electron chi connectivity index (χ4n) is 2.83. The first kappa shape index (κ1) is 19.1. The maximum absolute atomic E-state index is 12.5. The van der Waals surface area contributed by atoms with Crippen LogP contribution in [-0.2, 0) is 16.4 Å². The van der Waals surface area contributed by atoms with Gasteiger partial charge in [0.15, 0.2) is 0 Å². The molecule has 0 atom stereocenters. The van der Waals surface area contributed by atoms with E-state index >= 15 is 0 Å². The van der Waals surface area contributed by atoms with E-state index in [9.17, 15) is 8.42 Å². The van der Waals surface area contributed by atoms with E-state index in [0.717, 1.165) is 11.3 Å². The Hall–Kier alpha value is -2.65. The first-order valence-corrected chi connectivity index (χ1v) is 9.92. The van der Waals surface area contributed by atoms with Crippen molar-refractivity contribution in [2.75, 3.05) is 13.7 Å². The molecular formula is C18H22N4O4S. The molecule has 3 aromatic rings. The molecular weight excluding hydrogens is 368 g/mol. The summed E-state index contributed by atoms with van der Waals surface area (Å²) in [6, 6.07) is 7.39. The first-order valence-electron chi connectivity index (χ1n) is 8.44. The zero-order valence-electron chi connectivity index (χ0n) is 15.7. The van der Waals surface area contributed by atoms with Crippen molar-refractivity contribution in [3.05, 3.63) is 47.1 Å². The van der Waals surface area contributed by atoms with Gasteiger partial charge in [-0.2, -0.15) is 5.10 Å². The van der Waals surface area contributed by atoms with Gasteiger partial charge in [0.25, 0.3) is 0 Å². The van der Waals surface area contributed by atoms with Crippen molar-refractivity contribution in [2.24, 2.45) is 0 Å². The number of hydrogen-bond acceptors (Lipinski definition) is 6. The van der Waals surface area contributed by atoms with Crippen molar-refractivity contribution >= 4 is 10.0 Å². The third-order valence-corrected chi connectivity index (χ3v) is 5.94. The minimum atomic E-state index is -3.63. The van der Waals surface area contributed by atoms with Crippen LogP contribution in [0.4, 0.5) is 0 Å². The van der Waals surface area contributed by atoms with Gasteiger partial charge in [0.1, 0.15) is 16.4 Å². The summed E-state index contributed by atoms with van der Waals surface area (Å²) in [5, 5.41) is 6.62. The van der Waals surface area contributed by atoms with Crippen LogP contribution in [0.2, 0.25) is 0 Å². The van der Waals surface area contributed by atoms with Gasteiger partial charge < -0.3 is 9.15 Å². The standard InChI is InChI=1S/C18H22N4O4S/c1-11-17(12(2)22-21-11)27(23,24)19-10-9-16-13(3)26-18(20-16)14-5-7-15(25-4)8-6-14/h5-8,19H,9-10H2,1-4H3,(H,21,22). The number of sulfonamides is 1. The average Bonchev–Trinajstić information content (AvgIpc) is 3.17. The van der Waals surface area contributed by atoms with Gasteiger partial charge >= 0.3 is 0 Å². The Labute approximate surface area is 158 Å². The van der Waals surface area contributed by atoms with Crippen molar-refractivity contribution in [2.45, 2.75) is 32.1 Å². The molecule has 144 valence electrons.